The molecule has 4 saturated carbocycles. The fourth-order valence-corrected chi connectivity index (χ4v) is 7.80. The maximum Gasteiger partial charge on any atom is 0.133 e. The Labute approximate surface area is 140 Å². The van der Waals surface area contributed by atoms with Crippen LogP contribution in [0.2, 0.25) is 0 Å². The third-order valence-electron chi connectivity index (χ3n) is 8.91. The highest BCUT2D eigenvalue weighted by Gasteiger charge is 2.60. The van der Waals surface area contributed by atoms with E-state index in [1.165, 1.54) is 32.1 Å². The summed E-state index contributed by atoms with van der Waals surface area (Å²) in [6.07, 6.45) is 10.3. The molecule has 0 aromatic rings. The van der Waals surface area contributed by atoms with Gasteiger partial charge in [-0.25, -0.2) is 0 Å². The number of hydrogen-bond donors (Lipinski definition) is 0. The van der Waals surface area contributed by atoms with Gasteiger partial charge in [0.05, 0.1) is 0 Å². The van der Waals surface area contributed by atoms with Crippen molar-refractivity contribution in [2.75, 3.05) is 0 Å². The number of hydrogen-bond acceptors (Lipinski definition) is 2. The van der Waals surface area contributed by atoms with Gasteiger partial charge in [-0.05, 0) is 86.4 Å². The van der Waals surface area contributed by atoms with Crippen molar-refractivity contribution in [1.82, 2.24) is 0 Å². The van der Waals surface area contributed by atoms with E-state index in [2.05, 4.69) is 13.8 Å². The first-order valence-electron chi connectivity index (χ1n) is 9.88. The van der Waals surface area contributed by atoms with E-state index in [4.69, 9.17) is 0 Å². The predicted molar refractivity (Wildman–Crippen MR) is 90.9 cm³/mol. The molecule has 128 valence electrons. The third-order valence-corrected chi connectivity index (χ3v) is 8.91. The summed E-state index contributed by atoms with van der Waals surface area (Å²) in [5.74, 6) is 4.22. The first-order valence-corrected chi connectivity index (χ1v) is 9.88. The van der Waals surface area contributed by atoms with Crippen LogP contribution in [0.3, 0.4) is 0 Å². The lowest BCUT2D eigenvalue weighted by atomic mass is 9.44. The van der Waals surface area contributed by atoms with Gasteiger partial charge in [0.2, 0.25) is 0 Å². The van der Waals surface area contributed by atoms with Crippen LogP contribution >= 0.6 is 0 Å². The van der Waals surface area contributed by atoms with Crippen molar-refractivity contribution >= 4 is 11.6 Å². The molecule has 4 aliphatic rings. The quantitative estimate of drug-likeness (QED) is 0.696. The van der Waals surface area contributed by atoms with Crippen molar-refractivity contribution in [3.05, 3.63) is 0 Å². The molecule has 0 aromatic heterocycles. The Morgan fingerprint density at radius 2 is 1.70 bits per heavy atom. The summed E-state index contributed by atoms with van der Waals surface area (Å²) in [7, 11) is 0. The van der Waals surface area contributed by atoms with Crippen LogP contribution in [-0.2, 0) is 9.59 Å². The molecule has 23 heavy (non-hydrogen) atoms. The summed E-state index contributed by atoms with van der Waals surface area (Å²) >= 11 is 0. The molecule has 4 fully saturated rings. The molecule has 0 heterocycles. The molecule has 0 bridgehead atoms. The summed E-state index contributed by atoms with van der Waals surface area (Å²) in [6.45, 7) is 6.65. The largest absolute Gasteiger partial charge is 0.300 e. The molecule has 0 saturated heterocycles. The van der Waals surface area contributed by atoms with Crippen molar-refractivity contribution in [1.29, 1.82) is 0 Å². The van der Waals surface area contributed by atoms with Gasteiger partial charge < -0.3 is 0 Å². The first kappa shape index (κ1) is 15.8. The number of carbonyl (C=O) groups is 2. The van der Waals surface area contributed by atoms with Gasteiger partial charge in [-0.15, -0.1) is 0 Å². The van der Waals surface area contributed by atoms with Crippen LogP contribution in [0.5, 0.6) is 0 Å². The minimum atomic E-state index is 0.245. The second-order valence-corrected chi connectivity index (χ2v) is 9.70. The van der Waals surface area contributed by atoms with Gasteiger partial charge in [-0.2, -0.15) is 0 Å². The van der Waals surface area contributed by atoms with E-state index in [0.29, 0.717) is 17.5 Å². The zero-order chi connectivity index (χ0) is 16.4. The molecule has 7 atom stereocenters. The van der Waals surface area contributed by atoms with Crippen LogP contribution in [0.1, 0.15) is 78.6 Å². The number of ketones is 2. The highest BCUT2D eigenvalue weighted by molar-refractivity contribution is 5.80. The molecule has 0 radical (unpaired) electrons. The monoisotopic (exact) mass is 316 g/mol. The van der Waals surface area contributed by atoms with Crippen molar-refractivity contribution in [3.63, 3.8) is 0 Å². The van der Waals surface area contributed by atoms with Crippen molar-refractivity contribution in [2.45, 2.75) is 78.6 Å². The molecule has 0 amide bonds. The van der Waals surface area contributed by atoms with Gasteiger partial charge >= 0.3 is 0 Å². The standard InChI is InChI=1S/C21H32O2/c1-13(22)17-8-9-18-16-7-5-14-4-6-15(23)12-21(14,3)19(16)10-11-20(17,18)2/h14,16-19H,4-12H2,1-3H3/t14-,16+,17+,18-,19-,20+,21+/m1/s1. The topological polar surface area (TPSA) is 34.1 Å². The summed E-state index contributed by atoms with van der Waals surface area (Å²) in [5, 5.41) is 0. The summed E-state index contributed by atoms with van der Waals surface area (Å²) in [6, 6.07) is 0. The Morgan fingerprint density at radius 1 is 0.957 bits per heavy atom. The Balaban J connectivity index is 1.64. The normalized spacial score (nSPS) is 52.5. The lowest BCUT2D eigenvalue weighted by molar-refractivity contribution is -0.143. The number of rotatable bonds is 1. The molecule has 0 aromatic carbocycles. The number of fused-ring (bicyclic) bond motifs is 5. The molecule has 0 unspecified atom stereocenters. The average molecular weight is 316 g/mol. The van der Waals surface area contributed by atoms with Crippen LogP contribution in [0.15, 0.2) is 0 Å². The van der Waals surface area contributed by atoms with Crippen molar-refractivity contribution < 1.29 is 9.59 Å². The van der Waals surface area contributed by atoms with Crippen LogP contribution in [0, 0.1) is 40.4 Å². The van der Waals surface area contributed by atoms with Gasteiger partial charge in [-0.3, -0.25) is 9.59 Å². The number of carbonyl (C=O) groups excluding carboxylic acids is 2. The highest BCUT2D eigenvalue weighted by atomic mass is 16.1. The van der Waals surface area contributed by atoms with Crippen LogP contribution in [0.25, 0.3) is 0 Å². The Hall–Kier alpha value is -0.660. The van der Waals surface area contributed by atoms with Crippen molar-refractivity contribution in [2.24, 2.45) is 40.4 Å². The van der Waals surface area contributed by atoms with E-state index in [0.717, 1.165) is 49.4 Å². The van der Waals surface area contributed by atoms with E-state index in [1.807, 2.05) is 6.92 Å². The molecule has 0 N–H and O–H groups in total. The molecule has 0 aliphatic heterocycles. The molecule has 4 rings (SSSR count). The zero-order valence-corrected chi connectivity index (χ0v) is 15.1. The number of Topliss-reactive ketones (excluding diaryl/α,β-unsaturated/α-hetero) is 2. The maximum absolute atomic E-state index is 12.2. The fourth-order valence-electron chi connectivity index (χ4n) is 7.80. The highest BCUT2D eigenvalue weighted by Crippen LogP contribution is 2.67. The van der Waals surface area contributed by atoms with E-state index in [9.17, 15) is 9.59 Å². The van der Waals surface area contributed by atoms with Crippen LogP contribution in [-0.4, -0.2) is 11.6 Å². The Morgan fingerprint density at radius 3 is 2.43 bits per heavy atom. The van der Waals surface area contributed by atoms with E-state index >= 15 is 0 Å². The molecule has 2 nitrogen and oxygen atoms in total. The summed E-state index contributed by atoms with van der Waals surface area (Å²) in [5.41, 5.74) is 0.503. The molecule has 4 aliphatic carbocycles. The fraction of sp³-hybridized carbons (Fsp3) is 0.905. The lowest BCUT2D eigenvalue weighted by Crippen LogP contribution is -2.54. The summed E-state index contributed by atoms with van der Waals surface area (Å²) < 4.78 is 0. The van der Waals surface area contributed by atoms with E-state index in [1.54, 1.807) is 0 Å². The average Bonchev–Trinajstić information content (AvgIpc) is 2.83. The third kappa shape index (κ3) is 2.12. The Kier molecular flexibility index (Phi) is 3.56. The van der Waals surface area contributed by atoms with Gasteiger partial charge in [-0.1, -0.05) is 13.8 Å². The Bertz CT molecular complexity index is 538. The molecule has 0 spiro atoms. The maximum atomic E-state index is 12.2. The van der Waals surface area contributed by atoms with E-state index in [-0.39, 0.29) is 10.8 Å². The SMILES string of the molecule is CC(=O)[C@@H]1CC[C@@H]2[C@@H]3CC[C@H]4CCC(=O)C[C@]4(C)[C@@H]3CC[C@]21C. The second-order valence-electron chi connectivity index (χ2n) is 9.70. The second kappa shape index (κ2) is 5.17. The van der Waals surface area contributed by atoms with Crippen LogP contribution < -0.4 is 0 Å². The van der Waals surface area contributed by atoms with Crippen molar-refractivity contribution in [3.8, 4) is 0 Å². The predicted octanol–water partition coefficient (Wildman–Crippen LogP) is 4.80. The van der Waals surface area contributed by atoms with Gasteiger partial charge in [0.1, 0.15) is 11.6 Å². The van der Waals surface area contributed by atoms with Crippen LogP contribution in [0.4, 0.5) is 0 Å². The van der Waals surface area contributed by atoms with E-state index < -0.39 is 0 Å². The van der Waals surface area contributed by atoms with Gasteiger partial charge in [0, 0.05) is 18.8 Å². The molecule has 2 heteroatoms. The smallest absolute Gasteiger partial charge is 0.133 e. The van der Waals surface area contributed by atoms with Gasteiger partial charge in [0.25, 0.3) is 0 Å². The minimum Gasteiger partial charge on any atom is -0.300 e. The zero-order valence-electron chi connectivity index (χ0n) is 15.1. The first-order chi connectivity index (χ1) is 10.9. The molecular weight excluding hydrogens is 284 g/mol. The lowest BCUT2D eigenvalue weighted by Gasteiger charge is -2.60. The van der Waals surface area contributed by atoms with Gasteiger partial charge in [0.15, 0.2) is 0 Å². The minimum absolute atomic E-state index is 0.245. The summed E-state index contributed by atoms with van der Waals surface area (Å²) in [4.78, 5) is 24.3. The molecular formula is C21H32O2.